The van der Waals surface area contributed by atoms with Crippen LogP contribution in [0.1, 0.15) is 52.6 Å². The number of carbonyl (C=O) groups is 1. The Bertz CT molecular complexity index is 1150. The van der Waals surface area contributed by atoms with Crippen molar-refractivity contribution in [3.05, 3.63) is 62.6 Å². The number of unbranched alkanes of at least 4 members (excludes halogenated alkanes) is 1. The second kappa shape index (κ2) is 7.12. The summed E-state index contributed by atoms with van der Waals surface area (Å²) in [4.78, 5) is 25.7. The topological polar surface area (TPSA) is 96.2 Å². The lowest BCUT2D eigenvalue weighted by Gasteiger charge is -2.14. The molecule has 0 saturated carbocycles. The highest BCUT2D eigenvalue weighted by molar-refractivity contribution is 6.12. The molecule has 6 heteroatoms. The number of aromatic hydroxyl groups is 1. The average molecular weight is 364 g/mol. The van der Waals surface area contributed by atoms with E-state index in [4.69, 9.17) is 4.42 Å². The smallest absolute Gasteiger partial charge is 0.271 e. The van der Waals surface area contributed by atoms with E-state index >= 15 is 0 Å². The number of nitrogens with zero attached hydrogens (tertiary/aromatic N) is 2. The van der Waals surface area contributed by atoms with Gasteiger partial charge in [0.05, 0.1) is 5.56 Å². The summed E-state index contributed by atoms with van der Waals surface area (Å²) in [6, 6.07) is 9.13. The number of hydrogen-bond donors (Lipinski definition) is 1. The average Bonchev–Trinajstić information content (AvgIpc) is 2.99. The molecule has 0 aliphatic rings. The Morgan fingerprint density at radius 2 is 1.96 bits per heavy atom. The van der Waals surface area contributed by atoms with Crippen molar-refractivity contribution in [1.29, 1.82) is 5.26 Å². The number of aromatic nitrogens is 1. The van der Waals surface area contributed by atoms with Crippen LogP contribution in [-0.4, -0.2) is 15.5 Å². The molecule has 0 radical (unpaired) electrons. The standard InChI is InChI=1S/C21H20N2O4/c1-4-5-10-23-20(25)15(11-22)12(2)17(21(23)26)18(24)19-13(3)14-8-6-7-9-16(14)27-19/h6-9,26H,4-5,10H2,1-3H3. The maximum absolute atomic E-state index is 13.2. The summed E-state index contributed by atoms with van der Waals surface area (Å²) in [5, 5.41) is 20.9. The van der Waals surface area contributed by atoms with Crippen molar-refractivity contribution in [2.24, 2.45) is 0 Å². The number of aryl methyl sites for hydroxylation is 1. The molecule has 0 aliphatic carbocycles. The third-order valence-electron chi connectivity index (χ3n) is 4.81. The zero-order chi connectivity index (χ0) is 19.7. The molecule has 1 aromatic carbocycles. The number of ketones is 1. The zero-order valence-corrected chi connectivity index (χ0v) is 15.5. The Kier molecular flexibility index (Phi) is 4.87. The number of carbonyl (C=O) groups excluding carboxylic acids is 1. The third-order valence-corrected chi connectivity index (χ3v) is 4.81. The van der Waals surface area contributed by atoms with E-state index in [2.05, 4.69) is 0 Å². The highest BCUT2D eigenvalue weighted by Crippen LogP contribution is 2.31. The van der Waals surface area contributed by atoms with E-state index in [-0.39, 0.29) is 29.0 Å². The quantitative estimate of drug-likeness (QED) is 0.694. The van der Waals surface area contributed by atoms with Gasteiger partial charge < -0.3 is 9.52 Å². The Morgan fingerprint density at radius 1 is 1.26 bits per heavy atom. The van der Waals surface area contributed by atoms with Gasteiger partial charge in [0.15, 0.2) is 5.76 Å². The largest absolute Gasteiger partial charge is 0.494 e. The molecule has 3 rings (SSSR count). The molecule has 0 bridgehead atoms. The summed E-state index contributed by atoms with van der Waals surface area (Å²) >= 11 is 0. The highest BCUT2D eigenvalue weighted by atomic mass is 16.3. The molecule has 6 nitrogen and oxygen atoms in total. The van der Waals surface area contributed by atoms with E-state index < -0.39 is 17.2 Å². The molecule has 3 aromatic rings. The SMILES string of the molecule is CCCCn1c(O)c(C(=O)c2oc3ccccc3c2C)c(C)c(C#N)c1=O. The van der Waals surface area contributed by atoms with Gasteiger partial charge in [-0.3, -0.25) is 14.2 Å². The molecule has 27 heavy (non-hydrogen) atoms. The fourth-order valence-electron chi connectivity index (χ4n) is 3.25. The van der Waals surface area contributed by atoms with Gasteiger partial charge in [-0.1, -0.05) is 31.5 Å². The van der Waals surface area contributed by atoms with E-state index in [1.165, 1.54) is 6.92 Å². The van der Waals surface area contributed by atoms with Crippen molar-refractivity contribution >= 4 is 16.8 Å². The van der Waals surface area contributed by atoms with Crippen LogP contribution >= 0.6 is 0 Å². The first-order chi connectivity index (χ1) is 12.9. The van der Waals surface area contributed by atoms with Gasteiger partial charge in [0.2, 0.25) is 11.7 Å². The third kappa shape index (κ3) is 2.91. The van der Waals surface area contributed by atoms with Crippen molar-refractivity contribution in [3.8, 4) is 11.9 Å². The molecular weight excluding hydrogens is 344 g/mol. The first-order valence-electron chi connectivity index (χ1n) is 8.81. The first-order valence-corrected chi connectivity index (χ1v) is 8.81. The monoisotopic (exact) mass is 364 g/mol. The summed E-state index contributed by atoms with van der Waals surface area (Å²) in [7, 11) is 0. The minimum Gasteiger partial charge on any atom is -0.494 e. The number of furan rings is 1. The van der Waals surface area contributed by atoms with Crippen LogP contribution in [0.2, 0.25) is 0 Å². The van der Waals surface area contributed by atoms with Crippen LogP contribution in [0.25, 0.3) is 11.0 Å². The summed E-state index contributed by atoms with van der Waals surface area (Å²) in [5.41, 5.74) is 0.594. The van der Waals surface area contributed by atoms with Crippen LogP contribution in [0.4, 0.5) is 0 Å². The van der Waals surface area contributed by atoms with Gasteiger partial charge in [-0.25, -0.2) is 0 Å². The van der Waals surface area contributed by atoms with Gasteiger partial charge in [0.25, 0.3) is 5.56 Å². The molecule has 0 saturated heterocycles. The maximum atomic E-state index is 13.2. The Hall–Kier alpha value is -3.33. The van der Waals surface area contributed by atoms with Crippen molar-refractivity contribution in [2.75, 3.05) is 0 Å². The molecule has 0 unspecified atom stereocenters. The summed E-state index contributed by atoms with van der Waals surface area (Å²) < 4.78 is 6.82. The predicted octanol–water partition coefficient (Wildman–Crippen LogP) is 3.82. The minimum atomic E-state index is -0.584. The van der Waals surface area contributed by atoms with Crippen molar-refractivity contribution in [2.45, 2.75) is 40.2 Å². The second-order valence-electron chi connectivity index (χ2n) is 6.50. The number of rotatable bonds is 5. The normalized spacial score (nSPS) is 10.9. The molecule has 2 aromatic heterocycles. The van der Waals surface area contributed by atoms with Gasteiger partial charge in [-0.2, -0.15) is 5.26 Å². The van der Waals surface area contributed by atoms with Crippen LogP contribution in [0, 0.1) is 25.2 Å². The van der Waals surface area contributed by atoms with Crippen molar-refractivity contribution in [1.82, 2.24) is 4.57 Å². The van der Waals surface area contributed by atoms with Gasteiger partial charge >= 0.3 is 0 Å². The van der Waals surface area contributed by atoms with E-state index in [9.17, 15) is 20.0 Å². The molecule has 2 heterocycles. The molecule has 0 amide bonds. The fraction of sp³-hybridized carbons (Fsp3) is 0.286. The highest BCUT2D eigenvalue weighted by Gasteiger charge is 2.28. The van der Waals surface area contributed by atoms with Gasteiger partial charge in [0, 0.05) is 17.5 Å². The zero-order valence-electron chi connectivity index (χ0n) is 15.5. The summed E-state index contributed by atoms with van der Waals surface area (Å²) in [6.45, 7) is 5.44. The van der Waals surface area contributed by atoms with Crippen LogP contribution in [-0.2, 0) is 6.54 Å². The Labute approximate surface area is 156 Å². The number of para-hydroxylation sites is 1. The molecule has 0 fully saturated rings. The number of benzene rings is 1. The first kappa shape index (κ1) is 18.5. The molecule has 0 atom stereocenters. The summed E-state index contributed by atoms with van der Waals surface area (Å²) in [5.74, 6) is -0.866. The second-order valence-corrected chi connectivity index (χ2v) is 6.50. The van der Waals surface area contributed by atoms with E-state index in [0.717, 1.165) is 16.4 Å². The fourth-order valence-corrected chi connectivity index (χ4v) is 3.25. The number of hydrogen-bond acceptors (Lipinski definition) is 5. The number of pyridine rings is 1. The van der Waals surface area contributed by atoms with Gasteiger partial charge in [-0.05, 0) is 31.9 Å². The lowest BCUT2D eigenvalue weighted by atomic mass is 9.98. The minimum absolute atomic E-state index is 0.0654. The molecule has 1 N–H and O–H groups in total. The Morgan fingerprint density at radius 3 is 2.59 bits per heavy atom. The summed E-state index contributed by atoms with van der Waals surface area (Å²) in [6.07, 6.45) is 1.44. The predicted molar refractivity (Wildman–Crippen MR) is 101 cm³/mol. The van der Waals surface area contributed by atoms with E-state index in [0.29, 0.717) is 17.6 Å². The van der Waals surface area contributed by atoms with Gasteiger partial charge in [0.1, 0.15) is 17.2 Å². The maximum Gasteiger partial charge on any atom is 0.271 e. The molecule has 0 aliphatic heterocycles. The molecule has 138 valence electrons. The van der Waals surface area contributed by atoms with Crippen LogP contribution in [0.3, 0.4) is 0 Å². The van der Waals surface area contributed by atoms with Crippen molar-refractivity contribution in [3.63, 3.8) is 0 Å². The van der Waals surface area contributed by atoms with Gasteiger partial charge in [-0.15, -0.1) is 0 Å². The van der Waals surface area contributed by atoms with Crippen LogP contribution in [0.5, 0.6) is 5.88 Å². The van der Waals surface area contributed by atoms with Crippen molar-refractivity contribution < 1.29 is 14.3 Å². The van der Waals surface area contributed by atoms with E-state index in [1.807, 2.05) is 25.1 Å². The molecular formula is C21H20N2O4. The Balaban J connectivity index is 2.26. The van der Waals surface area contributed by atoms with Crippen LogP contribution in [0.15, 0.2) is 33.5 Å². The molecule has 0 spiro atoms. The lowest BCUT2D eigenvalue weighted by molar-refractivity contribution is 0.100. The number of fused-ring (bicyclic) bond motifs is 1. The lowest BCUT2D eigenvalue weighted by Crippen LogP contribution is -2.27. The van der Waals surface area contributed by atoms with Crippen LogP contribution < -0.4 is 5.56 Å². The number of nitriles is 1. The van der Waals surface area contributed by atoms with E-state index in [1.54, 1.807) is 19.1 Å².